The van der Waals surface area contributed by atoms with Crippen LogP contribution in [0.2, 0.25) is 0 Å². The number of benzene rings is 1. The minimum Gasteiger partial charge on any atom is -0.491 e. The van der Waals surface area contributed by atoms with Crippen molar-refractivity contribution in [3.63, 3.8) is 0 Å². The van der Waals surface area contributed by atoms with E-state index in [0.717, 1.165) is 17.1 Å². The highest BCUT2D eigenvalue weighted by atomic mass is 16.5. The van der Waals surface area contributed by atoms with Gasteiger partial charge in [0.25, 0.3) is 0 Å². The molecule has 2 aromatic rings. The predicted molar refractivity (Wildman–Crippen MR) is 64.1 cm³/mol. The van der Waals surface area contributed by atoms with E-state index in [1.807, 2.05) is 62.0 Å². The Kier molecular flexibility index (Phi) is 2.95. The van der Waals surface area contributed by atoms with E-state index in [4.69, 9.17) is 4.74 Å². The van der Waals surface area contributed by atoms with Crippen molar-refractivity contribution in [3.05, 3.63) is 42.2 Å². The van der Waals surface area contributed by atoms with Gasteiger partial charge in [0, 0.05) is 6.20 Å². The lowest BCUT2D eigenvalue weighted by molar-refractivity contribution is 0.242. The summed E-state index contributed by atoms with van der Waals surface area (Å²) in [7, 11) is 0. The summed E-state index contributed by atoms with van der Waals surface area (Å²) in [4.78, 5) is 0. The summed E-state index contributed by atoms with van der Waals surface area (Å²) in [6.07, 6.45) is 2.16. The number of rotatable bonds is 3. The number of hydrogen-bond acceptors (Lipinski definition) is 2. The number of ether oxygens (including phenoxy) is 1. The fraction of sp³-hybridized carbons (Fsp3) is 0.308. The van der Waals surface area contributed by atoms with Crippen molar-refractivity contribution in [2.75, 3.05) is 0 Å². The molecule has 0 spiro atoms. The molecule has 0 saturated carbocycles. The fourth-order valence-corrected chi connectivity index (χ4v) is 1.51. The molecular weight excluding hydrogens is 200 g/mol. The van der Waals surface area contributed by atoms with E-state index in [1.54, 1.807) is 0 Å². The van der Waals surface area contributed by atoms with Gasteiger partial charge in [-0.1, -0.05) is 0 Å². The van der Waals surface area contributed by atoms with Gasteiger partial charge in [0.2, 0.25) is 0 Å². The predicted octanol–water partition coefficient (Wildman–Crippen LogP) is 2.97. The first kappa shape index (κ1) is 10.7. The summed E-state index contributed by atoms with van der Waals surface area (Å²) < 4.78 is 7.44. The summed E-state index contributed by atoms with van der Waals surface area (Å²) in [6, 6.07) is 9.92. The van der Waals surface area contributed by atoms with Crippen molar-refractivity contribution in [1.82, 2.24) is 9.78 Å². The lowest BCUT2D eigenvalue weighted by atomic mass is 10.3. The van der Waals surface area contributed by atoms with Crippen molar-refractivity contribution >= 4 is 0 Å². The Bertz CT molecular complexity index is 457. The first-order valence-corrected chi connectivity index (χ1v) is 5.44. The Morgan fingerprint density at radius 2 is 1.81 bits per heavy atom. The second-order valence-electron chi connectivity index (χ2n) is 4.06. The van der Waals surface area contributed by atoms with Gasteiger partial charge in [0.15, 0.2) is 0 Å². The minimum absolute atomic E-state index is 0.206. The van der Waals surface area contributed by atoms with Crippen molar-refractivity contribution in [2.45, 2.75) is 26.9 Å². The fourth-order valence-electron chi connectivity index (χ4n) is 1.51. The zero-order chi connectivity index (χ0) is 11.5. The molecule has 3 heteroatoms. The van der Waals surface area contributed by atoms with Crippen LogP contribution in [0, 0.1) is 6.92 Å². The molecule has 0 amide bonds. The van der Waals surface area contributed by atoms with Gasteiger partial charge in [0.1, 0.15) is 5.75 Å². The van der Waals surface area contributed by atoms with E-state index in [0.29, 0.717) is 0 Å². The standard InChI is InChI=1S/C13H16N2O/c1-10(2)16-13-6-4-12(5-7-13)15-9-8-11(3)14-15/h4-10H,1-3H3. The minimum atomic E-state index is 0.206. The van der Waals surface area contributed by atoms with Crippen LogP contribution in [0.4, 0.5) is 0 Å². The smallest absolute Gasteiger partial charge is 0.119 e. The molecule has 0 saturated heterocycles. The Labute approximate surface area is 95.7 Å². The van der Waals surface area contributed by atoms with Gasteiger partial charge in [-0.2, -0.15) is 5.10 Å². The topological polar surface area (TPSA) is 27.1 Å². The molecule has 3 nitrogen and oxygen atoms in total. The van der Waals surface area contributed by atoms with E-state index in [9.17, 15) is 0 Å². The number of aryl methyl sites for hydroxylation is 1. The van der Waals surface area contributed by atoms with Crippen LogP contribution in [-0.2, 0) is 0 Å². The first-order chi connectivity index (χ1) is 7.65. The third kappa shape index (κ3) is 2.42. The zero-order valence-corrected chi connectivity index (χ0v) is 9.84. The average molecular weight is 216 g/mol. The normalized spacial score (nSPS) is 10.8. The summed E-state index contributed by atoms with van der Waals surface area (Å²) in [5.74, 6) is 0.891. The van der Waals surface area contributed by atoms with E-state index in [1.165, 1.54) is 0 Å². The number of nitrogens with zero attached hydrogens (tertiary/aromatic N) is 2. The summed E-state index contributed by atoms with van der Waals surface area (Å²) >= 11 is 0. The van der Waals surface area contributed by atoms with E-state index < -0.39 is 0 Å². The number of hydrogen-bond donors (Lipinski definition) is 0. The van der Waals surface area contributed by atoms with Crippen molar-refractivity contribution < 1.29 is 4.74 Å². The van der Waals surface area contributed by atoms with E-state index >= 15 is 0 Å². The molecule has 0 bridgehead atoms. The third-order valence-corrected chi connectivity index (χ3v) is 2.20. The molecule has 0 aliphatic rings. The maximum atomic E-state index is 5.58. The van der Waals surface area contributed by atoms with Crippen LogP contribution < -0.4 is 4.74 Å². The second-order valence-corrected chi connectivity index (χ2v) is 4.06. The van der Waals surface area contributed by atoms with Gasteiger partial charge in [0.05, 0.1) is 17.5 Å². The van der Waals surface area contributed by atoms with Crippen LogP contribution in [0.3, 0.4) is 0 Å². The molecule has 0 fully saturated rings. The Balaban J connectivity index is 2.19. The van der Waals surface area contributed by atoms with E-state index in [2.05, 4.69) is 5.10 Å². The van der Waals surface area contributed by atoms with Crippen LogP contribution in [-0.4, -0.2) is 15.9 Å². The Hall–Kier alpha value is -1.77. The van der Waals surface area contributed by atoms with Crippen molar-refractivity contribution in [2.24, 2.45) is 0 Å². The molecule has 2 rings (SSSR count). The maximum Gasteiger partial charge on any atom is 0.119 e. The molecule has 0 radical (unpaired) electrons. The first-order valence-electron chi connectivity index (χ1n) is 5.44. The highest BCUT2D eigenvalue weighted by Gasteiger charge is 2.00. The Morgan fingerprint density at radius 3 is 2.31 bits per heavy atom. The van der Waals surface area contributed by atoms with Gasteiger partial charge in [-0.3, -0.25) is 0 Å². The Morgan fingerprint density at radius 1 is 1.12 bits per heavy atom. The molecule has 84 valence electrons. The SMILES string of the molecule is Cc1ccn(-c2ccc(OC(C)C)cc2)n1. The molecule has 0 N–H and O–H groups in total. The highest BCUT2D eigenvalue weighted by Crippen LogP contribution is 2.16. The van der Waals surface area contributed by atoms with Crippen LogP contribution >= 0.6 is 0 Å². The van der Waals surface area contributed by atoms with Gasteiger partial charge >= 0.3 is 0 Å². The van der Waals surface area contributed by atoms with Crippen LogP contribution in [0.1, 0.15) is 19.5 Å². The highest BCUT2D eigenvalue weighted by molar-refractivity contribution is 5.36. The lowest BCUT2D eigenvalue weighted by Gasteiger charge is -2.10. The molecule has 0 atom stereocenters. The van der Waals surface area contributed by atoms with Crippen LogP contribution in [0.15, 0.2) is 36.5 Å². The molecule has 0 aliphatic heterocycles. The molecular formula is C13H16N2O. The molecule has 1 aromatic carbocycles. The largest absolute Gasteiger partial charge is 0.491 e. The van der Waals surface area contributed by atoms with Crippen molar-refractivity contribution in [3.8, 4) is 11.4 Å². The quantitative estimate of drug-likeness (QED) is 0.788. The van der Waals surface area contributed by atoms with Gasteiger partial charge in [-0.15, -0.1) is 0 Å². The molecule has 0 unspecified atom stereocenters. The molecule has 16 heavy (non-hydrogen) atoms. The molecule has 1 heterocycles. The van der Waals surface area contributed by atoms with Crippen molar-refractivity contribution in [1.29, 1.82) is 0 Å². The summed E-state index contributed by atoms with van der Waals surface area (Å²) in [6.45, 7) is 6.02. The van der Waals surface area contributed by atoms with Gasteiger partial charge in [-0.05, 0) is 51.1 Å². The lowest BCUT2D eigenvalue weighted by Crippen LogP contribution is -2.05. The van der Waals surface area contributed by atoms with Gasteiger partial charge < -0.3 is 4.74 Å². The van der Waals surface area contributed by atoms with Gasteiger partial charge in [-0.25, -0.2) is 4.68 Å². The third-order valence-electron chi connectivity index (χ3n) is 2.20. The summed E-state index contributed by atoms with van der Waals surface area (Å²) in [5.41, 5.74) is 2.06. The van der Waals surface area contributed by atoms with Crippen LogP contribution in [0.25, 0.3) is 5.69 Å². The number of aromatic nitrogens is 2. The molecule has 0 aliphatic carbocycles. The zero-order valence-electron chi connectivity index (χ0n) is 9.84. The average Bonchev–Trinajstić information content (AvgIpc) is 2.65. The van der Waals surface area contributed by atoms with Crippen LogP contribution in [0.5, 0.6) is 5.75 Å². The summed E-state index contributed by atoms with van der Waals surface area (Å²) in [5, 5.41) is 4.35. The molecule has 1 aromatic heterocycles. The monoisotopic (exact) mass is 216 g/mol. The maximum absolute atomic E-state index is 5.58. The second kappa shape index (κ2) is 4.39. The van der Waals surface area contributed by atoms with E-state index in [-0.39, 0.29) is 6.10 Å².